The van der Waals surface area contributed by atoms with E-state index in [0.717, 1.165) is 28.2 Å². The maximum Gasteiger partial charge on any atom is 0.340 e. The summed E-state index contributed by atoms with van der Waals surface area (Å²) in [6.45, 7) is 2.13. The molecule has 3 nitrogen and oxygen atoms in total. The molecule has 0 saturated heterocycles. The number of halogens is 1. The van der Waals surface area contributed by atoms with E-state index in [1.54, 1.807) is 0 Å². The monoisotopic (exact) mass is 401 g/mol. The molecule has 1 heterocycles. The Labute approximate surface area is 175 Å². The molecule has 0 N–H and O–H groups in total. The Hall–Kier alpha value is -3.30. The van der Waals surface area contributed by atoms with Gasteiger partial charge in [0.05, 0.1) is 23.6 Å². The Morgan fingerprint density at radius 2 is 1.48 bits per heavy atom. The van der Waals surface area contributed by atoms with Crippen LogP contribution >= 0.6 is 11.6 Å². The van der Waals surface area contributed by atoms with Crippen molar-refractivity contribution < 1.29 is 9.53 Å². The molecule has 29 heavy (non-hydrogen) atoms. The number of para-hydroxylation sites is 1. The summed E-state index contributed by atoms with van der Waals surface area (Å²) in [6.07, 6.45) is 0. The minimum Gasteiger partial charge on any atom is -0.462 e. The molecule has 0 fully saturated rings. The molecule has 1 aromatic heterocycles. The van der Waals surface area contributed by atoms with Crippen molar-refractivity contribution in [1.29, 1.82) is 0 Å². The number of nitrogens with zero attached hydrogens (tertiary/aromatic N) is 1. The third-order valence-corrected chi connectivity index (χ3v) is 4.95. The van der Waals surface area contributed by atoms with Crippen molar-refractivity contribution in [1.82, 2.24) is 4.57 Å². The van der Waals surface area contributed by atoms with E-state index < -0.39 is 0 Å². The van der Waals surface area contributed by atoms with Gasteiger partial charge in [-0.05, 0) is 48.4 Å². The zero-order chi connectivity index (χ0) is 20.2. The van der Waals surface area contributed by atoms with Crippen molar-refractivity contribution in [2.24, 2.45) is 0 Å². The molecule has 4 rings (SSSR count). The zero-order valence-corrected chi connectivity index (χ0v) is 16.8. The molecule has 0 atom stereocenters. The molecule has 4 aromatic rings. The van der Waals surface area contributed by atoms with Crippen LogP contribution in [-0.4, -0.2) is 17.1 Å². The van der Waals surface area contributed by atoms with E-state index in [0.29, 0.717) is 17.2 Å². The lowest BCUT2D eigenvalue weighted by Crippen LogP contribution is -2.07. The summed E-state index contributed by atoms with van der Waals surface area (Å²) < 4.78 is 7.48. The van der Waals surface area contributed by atoms with Crippen LogP contribution in [0.4, 0.5) is 0 Å². The number of benzene rings is 3. The summed E-state index contributed by atoms with van der Waals surface area (Å²) >= 11 is 6.10. The first-order valence-electron chi connectivity index (χ1n) is 9.48. The average Bonchev–Trinajstić information content (AvgIpc) is 3.16. The molecule has 0 saturated carbocycles. The van der Waals surface area contributed by atoms with Gasteiger partial charge in [-0.1, -0.05) is 72.3 Å². The lowest BCUT2D eigenvalue weighted by molar-refractivity contribution is 0.0527. The van der Waals surface area contributed by atoms with E-state index in [2.05, 4.69) is 4.57 Å². The molecule has 3 aromatic carbocycles. The van der Waals surface area contributed by atoms with E-state index in [1.165, 1.54) is 0 Å². The quantitative estimate of drug-likeness (QED) is 0.351. The van der Waals surface area contributed by atoms with E-state index in [1.807, 2.05) is 97.9 Å². The van der Waals surface area contributed by atoms with Crippen molar-refractivity contribution in [2.75, 3.05) is 6.61 Å². The Kier molecular flexibility index (Phi) is 5.50. The molecule has 0 bridgehead atoms. The number of carbonyl (C=O) groups is 1. The maximum atomic E-state index is 12.9. The summed E-state index contributed by atoms with van der Waals surface area (Å²) in [7, 11) is 0. The minimum atomic E-state index is -0.337. The number of rotatable bonds is 5. The van der Waals surface area contributed by atoms with Crippen LogP contribution in [0.25, 0.3) is 28.2 Å². The molecular formula is C25H20ClNO2. The van der Waals surface area contributed by atoms with Gasteiger partial charge in [0.1, 0.15) is 0 Å². The van der Waals surface area contributed by atoms with E-state index >= 15 is 0 Å². The topological polar surface area (TPSA) is 31.2 Å². The standard InChI is InChI=1S/C25H20ClNO2/c1-2-29-25(28)22-17-23(18-13-15-20(26)16-14-18)27(21-11-7-4-8-12-21)24(22)19-9-5-3-6-10-19/h3-17H,2H2,1H3. The zero-order valence-electron chi connectivity index (χ0n) is 16.0. The third-order valence-electron chi connectivity index (χ3n) is 4.70. The van der Waals surface area contributed by atoms with E-state index in [9.17, 15) is 4.79 Å². The molecule has 0 radical (unpaired) electrons. The van der Waals surface area contributed by atoms with Crippen molar-refractivity contribution in [2.45, 2.75) is 6.92 Å². The van der Waals surface area contributed by atoms with Crippen LogP contribution in [0.3, 0.4) is 0 Å². The van der Waals surface area contributed by atoms with Crippen LogP contribution in [-0.2, 0) is 4.74 Å². The van der Waals surface area contributed by atoms with Gasteiger partial charge >= 0.3 is 5.97 Å². The molecule has 144 valence electrons. The fraction of sp³-hybridized carbons (Fsp3) is 0.0800. The van der Waals surface area contributed by atoms with Crippen LogP contribution < -0.4 is 0 Å². The van der Waals surface area contributed by atoms with Gasteiger partial charge in [0.25, 0.3) is 0 Å². The highest BCUT2D eigenvalue weighted by Gasteiger charge is 2.24. The Balaban J connectivity index is 2.05. The van der Waals surface area contributed by atoms with Crippen molar-refractivity contribution in [3.63, 3.8) is 0 Å². The first kappa shape index (κ1) is 19.0. The number of ether oxygens (including phenoxy) is 1. The highest BCUT2D eigenvalue weighted by Crippen LogP contribution is 2.36. The lowest BCUT2D eigenvalue weighted by atomic mass is 10.1. The van der Waals surface area contributed by atoms with Crippen LogP contribution in [0.5, 0.6) is 0 Å². The van der Waals surface area contributed by atoms with Crippen molar-refractivity contribution in [3.05, 3.63) is 102 Å². The summed E-state index contributed by atoms with van der Waals surface area (Å²) in [6, 6.07) is 29.4. The first-order chi connectivity index (χ1) is 14.2. The third kappa shape index (κ3) is 3.82. The fourth-order valence-corrected chi connectivity index (χ4v) is 3.56. The van der Waals surface area contributed by atoms with Gasteiger partial charge in [0.2, 0.25) is 0 Å². The lowest BCUT2D eigenvalue weighted by Gasteiger charge is -2.15. The summed E-state index contributed by atoms with van der Waals surface area (Å²) in [4.78, 5) is 12.9. The van der Waals surface area contributed by atoms with Gasteiger partial charge in [-0.25, -0.2) is 4.79 Å². The predicted molar refractivity (Wildman–Crippen MR) is 118 cm³/mol. The van der Waals surface area contributed by atoms with Gasteiger partial charge in [0.15, 0.2) is 0 Å². The highest BCUT2D eigenvalue weighted by atomic mass is 35.5. The summed E-state index contributed by atoms with van der Waals surface area (Å²) in [5.41, 5.74) is 5.11. The molecule has 4 heteroatoms. The molecule has 0 aliphatic carbocycles. The van der Waals surface area contributed by atoms with Crippen LogP contribution in [0, 0.1) is 0 Å². The second kappa shape index (κ2) is 8.38. The summed E-state index contributed by atoms with van der Waals surface area (Å²) in [5, 5.41) is 0.667. The smallest absolute Gasteiger partial charge is 0.340 e. The van der Waals surface area contributed by atoms with E-state index in [4.69, 9.17) is 16.3 Å². The summed E-state index contributed by atoms with van der Waals surface area (Å²) in [5.74, 6) is -0.337. The largest absolute Gasteiger partial charge is 0.462 e. The van der Waals surface area contributed by atoms with Crippen LogP contribution in [0.15, 0.2) is 91.0 Å². The van der Waals surface area contributed by atoms with Crippen molar-refractivity contribution in [3.8, 4) is 28.2 Å². The van der Waals surface area contributed by atoms with Crippen LogP contribution in [0.1, 0.15) is 17.3 Å². The molecular weight excluding hydrogens is 382 g/mol. The molecule has 0 aliphatic heterocycles. The number of esters is 1. The predicted octanol–water partition coefficient (Wildman–Crippen LogP) is 6.64. The normalized spacial score (nSPS) is 10.7. The van der Waals surface area contributed by atoms with Gasteiger partial charge in [-0.2, -0.15) is 0 Å². The molecule has 0 amide bonds. The van der Waals surface area contributed by atoms with Gasteiger partial charge in [0, 0.05) is 10.7 Å². The fourth-order valence-electron chi connectivity index (χ4n) is 3.43. The van der Waals surface area contributed by atoms with Gasteiger partial charge in [-0.3, -0.25) is 0 Å². The van der Waals surface area contributed by atoms with Gasteiger partial charge in [-0.15, -0.1) is 0 Å². The Bertz CT molecular complexity index is 1120. The maximum absolute atomic E-state index is 12.9. The SMILES string of the molecule is CCOC(=O)c1cc(-c2ccc(Cl)cc2)n(-c2ccccc2)c1-c1ccccc1. The number of hydrogen-bond acceptors (Lipinski definition) is 2. The number of hydrogen-bond donors (Lipinski definition) is 0. The number of carbonyl (C=O) groups excluding carboxylic acids is 1. The Morgan fingerprint density at radius 3 is 2.10 bits per heavy atom. The Morgan fingerprint density at radius 1 is 0.862 bits per heavy atom. The van der Waals surface area contributed by atoms with Gasteiger partial charge < -0.3 is 9.30 Å². The second-order valence-electron chi connectivity index (χ2n) is 6.56. The molecule has 0 unspecified atom stereocenters. The van der Waals surface area contributed by atoms with E-state index in [-0.39, 0.29) is 5.97 Å². The molecule has 0 aliphatic rings. The average molecular weight is 402 g/mol. The second-order valence-corrected chi connectivity index (χ2v) is 6.99. The minimum absolute atomic E-state index is 0.319. The highest BCUT2D eigenvalue weighted by molar-refractivity contribution is 6.30. The number of aromatic nitrogens is 1. The molecule has 0 spiro atoms. The van der Waals surface area contributed by atoms with Crippen molar-refractivity contribution >= 4 is 17.6 Å². The first-order valence-corrected chi connectivity index (χ1v) is 9.86. The van der Waals surface area contributed by atoms with Crippen LogP contribution in [0.2, 0.25) is 5.02 Å².